The molecule has 7 heteroatoms. The molecule has 1 aromatic carbocycles. The van der Waals surface area contributed by atoms with Crippen LogP contribution in [0.2, 0.25) is 0 Å². The van der Waals surface area contributed by atoms with Crippen LogP contribution in [-0.2, 0) is 19.7 Å². The van der Waals surface area contributed by atoms with Gasteiger partial charge in [0.25, 0.3) is 0 Å². The van der Waals surface area contributed by atoms with Gasteiger partial charge in [0.05, 0.1) is 18.5 Å². The molecular weight excluding hydrogens is 308 g/mol. The minimum Gasteiger partial charge on any atom is -0.468 e. The largest absolute Gasteiger partial charge is 0.468 e. The Labute approximate surface area is 138 Å². The molecule has 1 aromatic heterocycles. The summed E-state index contributed by atoms with van der Waals surface area (Å²) in [6.45, 7) is 1.58. The molecule has 0 saturated heterocycles. The molecule has 122 valence electrons. The Hall–Kier alpha value is -3.09. The molecule has 4 rings (SSSR count). The minimum atomic E-state index is -1.34. The van der Waals surface area contributed by atoms with E-state index in [-0.39, 0.29) is 12.1 Å². The van der Waals surface area contributed by atoms with Crippen LogP contribution in [0, 0.1) is 0 Å². The van der Waals surface area contributed by atoms with Crippen molar-refractivity contribution >= 4 is 28.9 Å². The first-order valence-corrected chi connectivity index (χ1v) is 7.55. The highest BCUT2D eigenvalue weighted by molar-refractivity contribution is 6.19. The predicted molar refractivity (Wildman–Crippen MR) is 88.7 cm³/mol. The van der Waals surface area contributed by atoms with Crippen LogP contribution in [0.15, 0.2) is 36.7 Å². The van der Waals surface area contributed by atoms with Crippen LogP contribution in [0.5, 0.6) is 0 Å². The van der Waals surface area contributed by atoms with Gasteiger partial charge < -0.3 is 20.7 Å². The lowest BCUT2D eigenvalue weighted by Gasteiger charge is -2.19. The van der Waals surface area contributed by atoms with Crippen molar-refractivity contribution in [2.75, 3.05) is 23.1 Å². The van der Waals surface area contributed by atoms with Crippen LogP contribution in [0.3, 0.4) is 0 Å². The normalized spacial score (nSPS) is 23.6. The summed E-state index contributed by atoms with van der Waals surface area (Å²) in [7, 11) is 1.28. The van der Waals surface area contributed by atoms with Crippen molar-refractivity contribution in [3.8, 4) is 0 Å². The van der Waals surface area contributed by atoms with Crippen LogP contribution in [-0.4, -0.2) is 24.0 Å². The average molecular weight is 324 g/mol. The average Bonchev–Trinajstić information content (AvgIpc) is 3.13. The molecule has 3 N–H and O–H groups in total. The van der Waals surface area contributed by atoms with Gasteiger partial charge >= 0.3 is 5.97 Å². The topological polar surface area (TPSA) is 92.4 Å². The zero-order valence-corrected chi connectivity index (χ0v) is 13.2. The maximum absolute atomic E-state index is 12.3. The number of hydrogen-bond donors (Lipinski definition) is 3. The second kappa shape index (κ2) is 4.95. The molecular formula is C17H16N4O3. The van der Waals surface area contributed by atoms with Crippen molar-refractivity contribution < 1.29 is 14.3 Å². The van der Waals surface area contributed by atoms with Crippen molar-refractivity contribution in [2.24, 2.45) is 0 Å². The third-order valence-electron chi connectivity index (χ3n) is 4.61. The van der Waals surface area contributed by atoms with Gasteiger partial charge in [-0.3, -0.25) is 14.6 Å². The number of hydrogen-bond acceptors (Lipinski definition) is 6. The molecule has 7 nitrogen and oxygen atoms in total. The number of ether oxygens (including phenoxy) is 1. The summed E-state index contributed by atoms with van der Waals surface area (Å²) >= 11 is 0. The summed E-state index contributed by atoms with van der Waals surface area (Å²) in [4.78, 5) is 28.6. The summed E-state index contributed by atoms with van der Waals surface area (Å²) in [6, 6.07) is 7.50. The van der Waals surface area contributed by atoms with Gasteiger partial charge in [0, 0.05) is 29.2 Å². The van der Waals surface area contributed by atoms with E-state index in [4.69, 9.17) is 4.74 Å². The molecule has 2 aromatic rings. The van der Waals surface area contributed by atoms with E-state index in [1.807, 2.05) is 24.3 Å². The third kappa shape index (κ3) is 1.87. The Morgan fingerprint density at radius 1 is 1.25 bits per heavy atom. The van der Waals surface area contributed by atoms with E-state index in [1.54, 1.807) is 19.3 Å². The molecule has 2 aliphatic rings. The lowest BCUT2D eigenvalue weighted by atomic mass is 9.83. The zero-order valence-electron chi connectivity index (χ0n) is 13.2. The first-order chi connectivity index (χ1) is 11.5. The summed E-state index contributed by atoms with van der Waals surface area (Å²) < 4.78 is 4.83. The van der Waals surface area contributed by atoms with E-state index >= 15 is 0 Å². The van der Waals surface area contributed by atoms with Gasteiger partial charge in [0.1, 0.15) is 6.17 Å². The summed E-state index contributed by atoms with van der Waals surface area (Å²) in [5.74, 6) is -0.953. The number of methoxy groups -OCH3 is 1. The Kier molecular flexibility index (Phi) is 2.99. The first-order valence-electron chi connectivity index (χ1n) is 7.55. The number of aromatic nitrogens is 1. The maximum atomic E-state index is 12.3. The molecule has 2 unspecified atom stereocenters. The predicted octanol–water partition coefficient (Wildman–Crippen LogP) is 2.00. The highest BCUT2D eigenvalue weighted by Gasteiger charge is 2.51. The van der Waals surface area contributed by atoms with Gasteiger partial charge in [-0.15, -0.1) is 0 Å². The van der Waals surface area contributed by atoms with Crippen LogP contribution in [0.1, 0.15) is 24.2 Å². The molecule has 0 fully saturated rings. The Bertz CT molecular complexity index is 852. The molecule has 1 amide bonds. The Balaban J connectivity index is 1.73. The number of rotatable bonds is 2. The summed E-state index contributed by atoms with van der Waals surface area (Å²) in [6.07, 6.45) is 3.39. The van der Waals surface area contributed by atoms with Crippen molar-refractivity contribution in [1.82, 2.24) is 4.98 Å². The minimum absolute atomic E-state index is 0.115. The molecule has 24 heavy (non-hydrogen) atoms. The van der Waals surface area contributed by atoms with E-state index in [2.05, 4.69) is 20.9 Å². The third-order valence-corrected chi connectivity index (χ3v) is 4.61. The second-order valence-corrected chi connectivity index (χ2v) is 6.02. The molecule has 0 aliphatic carbocycles. The lowest BCUT2D eigenvalue weighted by Crippen LogP contribution is -2.40. The first kappa shape index (κ1) is 14.5. The fourth-order valence-corrected chi connectivity index (χ4v) is 3.19. The molecule has 0 spiro atoms. The molecule has 3 heterocycles. The maximum Gasteiger partial charge on any atom is 0.325 e. The van der Waals surface area contributed by atoms with Gasteiger partial charge in [-0.2, -0.15) is 0 Å². The van der Waals surface area contributed by atoms with E-state index in [0.717, 1.165) is 16.9 Å². The van der Waals surface area contributed by atoms with Crippen molar-refractivity contribution in [3.63, 3.8) is 0 Å². The standard InChI is InChI=1S/C17H16N4O3/c1-17(16(23)24-2)10-6-12-13(7-11(10)21-15(17)22)20-14(19-12)9-4-3-5-18-8-9/h3-8,14,19-20H,1-2H3,(H,21,22). The second-order valence-electron chi connectivity index (χ2n) is 6.02. The SMILES string of the molecule is COC(=O)C1(C)C(=O)Nc2cc3c(cc21)NC(c1cccnc1)N3. The molecule has 0 bridgehead atoms. The van der Waals surface area contributed by atoms with E-state index < -0.39 is 11.4 Å². The number of amides is 1. The summed E-state index contributed by atoms with van der Waals surface area (Å²) in [5.41, 5.74) is 2.57. The van der Waals surface area contributed by atoms with Gasteiger partial charge in [0.15, 0.2) is 5.41 Å². The molecule has 0 saturated carbocycles. The van der Waals surface area contributed by atoms with Crippen LogP contribution in [0.25, 0.3) is 0 Å². The number of anilines is 3. The number of esters is 1. The number of nitrogens with zero attached hydrogens (tertiary/aromatic N) is 1. The monoisotopic (exact) mass is 324 g/mol. The van der Waals surface area contributed by atoms with Crippen molar-refractivity contribution in [3.05, 3.63) is 47.8 Å². The highest BCUT2D eigenvalue weighted by Crippen LogP contribution is 2.46. The number of carbonyl (C=O) groups is 2. The van der Waals surface area contributed by atoms with Crippen LogP contribution in [0.4, 0.5) is 17.1 Å². The smallest absolute Gasteiger partial charge is 0.325 e. The molecule has 2 atom stereocenters. The van der Waals surface area contributed by atoms with Crippen LogP contribution >= 0.6 is 0 Å². The van der Waals surface area contributed by atoms with Crippen molar-refractivity contribution in [1.29, 1.82) is 0 Å². The van der Waals surface area contributed by atoms with Gasteiger partial charge in [-0.1, -0.05) is 6.07 Å². The number of pyridine rings is 1. The van der Waals surface area contributed by atoms with E-state index in [9.17, 15) is 9.59 Å². The Morgan fingerprint density at radius 2 is 2.00 bits per heavy atom. The van der Waals surface area contributed by atoms with E-state index in [0.29, 0.717) is 11.3 Å². The number of fused-ring (bicyclic) bond motifs is 2. The van der Waals surface area contributed by atoms with Crippen molar-refractivity contribution in [2.45, 2.75) is 18.5 Å². The lowest BCUT2D eigenvalue weighted by molar-refractivity contribution is -0.150. The fraction of sp³-hybridized carbons (Fsp3) is 0.235. The van der Waals surface area contributed by atoms with Gasteiger partial charge in [0.2, 0.25) is 5.91 Å². The van der Waals surface area contributed by atoms with E-state index in [1.165, 1.54) is 7.11 Å². The quantitative estimate of drug-likeness (QED) is 0.578. The molecule has 0 radical (unpaired) electrons. The fourth-order valence-electron chi connectivity index (χ4n) is 3.19. The highest BCUT2D eigenvalue weighted by atomic mass is 16.5. The Morgan fingerprint density at radius 3 is 2.67 bits per heavy atom. The van der Waals surface area contributed by atoms with Crippen LogP contribution < -0.4 is 16.0 Å². The zero-order chi connectivity index (χ0) is 16.9. The number of carbonyl (C=O) groups excluding carboxylic acids is 2. The number of nitrogens with one attached hydrogen (secondary N) is 3. The van der Waals surface area contributed by atoms with Gasteiger partial charge in [-0.05, 0) is 25.1 Å². The number of benzene rings is 1. The van der Waals surface area contributed by atoms with Gasteiger partial charge in [-0.25, -0.2) is 0 Å². The molecule has 2 aliphatic heterocycles. The summed E-state index contributed by atoms with van der Waals surface area (Å²) in [5, 5.41) is 9.46.